The molecule has 1 rings (SSSR count). The molecule has 0 heterocycles. The lowest BCUT2D eigenvalue weighted by atomic mass is 10.0. The zero-order valence-electron chi connectivity index (χ0n) is 10.9. The van der Waals surface area contributed by atoms with Gasteiger partial charge in [0.1, 0.15) is 0 Å². The Kier molecular flexibility index (Phi) is 4.51. The van der Waals surface area contributed by atoms with Crippen molar-refractivity contribution in [2.24, 2.45) is 0 Å². The fourth-order valence-electron chi connectivity index (χ4n) is 2.16. The van der Waals surface area contributed by atoms with Crippen molar-refractivity contribution in [1.82, 2.24) is 9.80 Å². The van der Waals surface area contributed by atoms with Gasteiger partial charge in [0, 0.05) is 27.6 Å². The zero-order chi connectivity index (χ0) is 13.1. The van der Waals surface area contributed by atoms with Gasteiger partial charge in [0.2, 0.25) is 11.8 Å². The van der Waals surface area contributed by atoms with Gasteiger partial charge in [0.15, 0.2) is 0 Å². The summed E-state index contributed by atoms with van der Waals surface area (Å²) < 4.78 is 0. The molecule has 17 heavy (non-hydrogen) atoms. The van der Waals surface area contributed by atoms with E-state index in [2.05, 4.69) is 0 Å². The lowest BCUT2D eigenvalue weighted by Crippen LogP contribution is -2.45. The molecule has 1 fully saturated rings. The molecule has 0 saturated heterocycles. The summed E-state index contributed by atoms with van der Waals surface area (Å²) in [5, 5.41) is 10.2. The van der Waals surface area contributed by atoms with Crippen molar-refractivity contribution in [3.05, 3.63) is 0 Å². The molecule has 0 aromatic rings. The van der Waals surface area contributed by atoms with E-state index in [1.54, 1.807) is 14.1 Å². The van der Waals surface area contributed by atoms with Crippen molar-refractivity contribution in [3.8, 4) is 0 Å². The van der Waals surface area contributed by atoms with Crippen LogP contribution in [0.25, 0.3) is 0 Å². The van der Waals surface area contributed by atoms with Crippen LogP contribution in [0.2, 0.25) is 0 Å². The second-order valence-electron chi connectivity index (χ2n) is 5.06. The Morgan fingerprint density at radius 1 is 1.18 bits per heavy atom. The van der Waals surface area contributed by atoms with Gasteiger partial charge in [0.05, 0.1) is 12.1 Å². The van der Waals surface area contributed by atoms with Crippen LogP contribution in [0.3, 0.4) is 0 Å². The highest BCUT2D eigenvalue weighted by Crippen LogP contribution is 2.29. The molecule has 0 aromatic heterocycles. The van der Waals surface area contributed by atoms with E-state index >= 15 is 0 Å². The van der Waals surface area contributed by atoms with Gasteiger partial charge in [-0.1, -0.05) is 12.8 Å². The van der Waals surface area contributed by atoms with Crippen LogP contribution in [0.4, 0.5) is 0 Å². The molecule has 0 unspecified atom stereocenters. The Balaban J connectivity index is 2.44. The summed E-state index contributed by atoms with van der Waals surface area (Å²) in [5.41, 5.74) is -0.723. The van der Waals surface area contributed by atoms with Gasteiger partial charge in [-0.25, -0.2) is 0 Å². The molecule has 1 saturated carbocycles. The number of hydrogen-bond donors (Lipinski definition) is 1. The standard InChI is InChI=1S/C12H22N2O3/c1-10(15)13(2)8-11(16)14(3)9-12(17)6-4-5-7-12/h17H,4-9H2,1-3H3. The molecule has 0 aromatic carbocycles. The first-order chi connectivity index (χ1) is 7.84. The second-order valence-corrected chi connectivity index (χ2v) is 5.06. The summed E-state index contributed by atoms with van der Waals surface area (Å²) >= 11 is 0. The Morgan fingerprint density at radius 3 is 2.18 bits per heavy atom. The van der Waals surface area contributed by atoms with Crippen LogP contribution in [0.1, 0.15) is 32.6 Å². The van der Waals surface area contributed by atoms with Gasteiger partial charge >= 0.3 is 0 Å². The summed E-state index contributed by atoms with van der Waals surface area (Å²) in [5.74, 6) is -0.269. The first kappa shape index (κ1) is 14.0. The predicted molar refractivity (Wildman–Crippen MR) is 64.4 cm³/mol. The zero-order valence-corrected chi connectivity index (χ0v) is 10.9. The molecule has 0 bridgehead atoms. The van der Waals surface area contributed by atoms with E-state index in [0.29, 0.717) is 6.54 Å². The lowest BCUT2D eigenvalue weighted by molar-refractivity contribution is -0.139. The number of carbonyl (C=O) groups is 2. The van der Waals surface area contributed by atoms with Crippen molar-refractivity contribution in [2.75, 3.05) is 27.2 Å². The molecular weight excluding hydrogens is 220 g/mol. The number of carbonyl (C=O) groups excluding carboxylic acids is 2. The number of hydrogen-bond acceptors (Lipinski definition) is 3. The van der Waals surface area contributed by atoms with Crippen molar-refractivity contribution < 1.29 is 14.7 Å². The minimum Gasteiger partial charge on any atom is -0.388 e. The number of aliphatic hydroxyl groups is 1. The van der Waals surface area contributed by atoms with Crippen LogP contribution >= 0.6 is 0 Å². The van der Waals surface area contributed by atoms with Crippen LogP contribution < -0.4 is 0 Å². The van der Waals surface area contributed by atoms with E-state index in [9.17, 15) is 14.7 Å². The maximum absolute atomic E-state index is 11.8. The maximum Gasteiger partial charge on any atom is 0.242 e. The molecule has 1 aliphatic rings. The highest BCUT2D eigenvalue weighted by Gasteiger charge is 2.33. The molecule has 2 amide bonds. The van der Waals surface area contributed by atoms with Crippen LogP contribution in [0.5, 0.6) is 0 Å². The summed E-state index contributed by atoms with van der Waals surface area (Å²) in [6.07, 6.45) is 3.55. The van der Waals surface area contributed by atoms with Crippen LogP contribution in [0, 0.1) is 0 Å². The molecule has 5 heteroatoms. The van der Waals surface area contributed by atoms with Crippen molar-refractivity contribution in [1.29, 1.82) is 0 Å². The third-order valence-corrected chi connectivity index (χ3v) is 3.40. The fourth-order valence-corrected chi connectivity index (χ4v) is 2.16. The highest BCUT2D eigenvalue weighted by atomic mass is 16.3. The van der Waals surface area contributed by atoms with Crippen molar-refractivity contribution >= 4 is 11.8 Å². The average molecular weight is 242 g/mol. The van der Waals surface area contributed by atoms with E-state index in [1.807, 2.05) is 0 Å². The van der Waals surface area contributed by atoms with Gasteiger partial charge in [-0.3, -0.25) is 9.59 Å². The fraction of sp³-hybridized carbons (Fsp3) is 0.833. The van der Waals surface area contributed by atoms with Gasteiger partial charge in [-0.05, 0) is 12.8 Å². The van der Waals surface area contributed by atoms with Crippen LogP contribution in [-0.2, 0) is 9.59 Å². The Bertz CT molecular complexity index is 298. The molecule has 0 aliphatic heterocycles. The summed E-state index contributed by atoms with van der Waals surface area (Å²) in [7, 11) is 3.27. The second kappa shape index (κ2) is 5.49. The van der Waals surface area contributed by atoms with Crippen molar-refractivity contribution in [2.45, 2.75) is 38.2 Å². The number of amides is 2. The summed E-state index contributed by atoms with van der Waals surface area (Å²) in [4.78, 5) is 25.7. The minimum atomic E-state index is -0.723. The molecule has 1 aliphatic carbocycles. The normalized spacial score (nSPS) is 17.9. The van der Waals surface area contributed by atoms with Gasteiger partial charge in [-0.2, -0.15) is 0 Å². The molecular formula is C12H22N2O3. The third-order valence-electron chi connectivity index (χ3n) is 3.40. The van der Waals surface area contributed by atoms with E-state index < -0.39 is 5.60 Å². The minimum absolute atomic E-state index is 0.0713. The molecule has 0 radical (unpaired) electrons. The molecule has 5 nitrogen and oxygen atoms in total. The quantitative estimate of drug-likeness (QED) is 0.767. The summed E-state index contributed by atoms with van der Waals surface area (Å²) in [6.45, 7) is 1.86. The van der Waals surface area contributed by atoms with E-state index in [0.717, 1.165) is 25.7 Å². The Morgan fingerprint density at radius 2 is 1.71 bits per heavy atom. The van der Waals surface area contributed by atoms with Crippen LogP contribution in [0.15, 0.2) is 0 Å². The van der Waals surface area contributed by atoms with Crippen molar-refractivity contribution in [3.63, 3.8) is 0 Å². The van der Waals surface area contributed by atoms with E-state index in [-0.39, 0.29) is 18.4 Å². The average Bonchev–Trinajstić information content (AvgIpc) is 2.64. The first-order valence-corrected chi connectivity index (χ1v) is 6.02. The number of likely N-dealkylation sites (N-methyl/N-ethyl adjacent to an activating group) is 2. The number of nitrogens with zero attached hydrogens (tertiary/aromatic N) is 2. The van der Waals surface area contributed by atoms with Gasteiger partial charge < -0.3 is 14.9 Å². The Hall–Kier alpha value is -1.10. The number of rotatable bonds is 4. The lowest BCUT2D eigenvalue weighted by Gasteiger charge is -2.29. The smallest absolute Gasteiger partial charge is 0.242 e. The highest BCUT2D eigenvalue weighted by molar-refractivity contribution is 5.83. The van der Waals surface area contributed by atoms with Gasteiger partial charge in [-0.15, -0.1) is 0 Å². The SMILES string of the molecule is CC(=O)N(C)CC(=O)N(C)CC1(O)CCCC1. The van der Waals surface area contributed by atoms with Gasteiger partial charge in [0.25, 0.3) is 0 Å². The first-order valence-electron chi connectivity index (χ1n) is 6.02. The maximum atomic E-state index is 11.8. The largest absolute Gasteiger partial charge is 0.388 e. The molecule has 1 N–H and O–H groups in total. The Labute approximate surface area is 102 Å². The summed E-state index contributed by atoms with van der Waals surface area (Å²) in [6, 6.07) is 0. The van der Waals surface area contributed by atoms with Crippen LogP contribution in [-0.4, -0.2) is 59.5 Å². The molecule has 0 spiro atoms. The molecule has 98 valence electrons. The topological polar surface area (TPSA) is 60.9 Å². The predicted octanol–water partition coefficient (Wildman–Crippen LogP) is 0.228. The molecule has 0 atom stereocenters. The van der Waals surface area contributed by atoms with E-state index in [1.165, 1.54) is 16.7 Å². The third kappa shape index (κ3) is 4.00. The van der Waals surface area contributed by atoms with E-state index in [4.69, 9.17) is 0 Å². The monoisotopic (exact) mass is 242 g/mol.